The number of ether oxygens (including phenoxy) is 3. The maximum Gasteiger partial charge on any atom is 0.306 e. The largest absolute Gasteiger partial charge is 0.454 e. The van der Waals surface area contributed by atoms with Gasteiger partial charge in [-0.2, -0.15) is 0 Å². The summed E-state index contributed by atoms with van der Waals surface area (Å²) in [7, 11) is 0. The third-order valence-electron chi connectivity index (χ3n) is 13.1. The number of nitrogens with one attached hydrogen (secondary N) is 1. The first kappa shape index (κ1) is 66.1. The van der Waals surface area contributed by atoms with Gasteiger partial charge in [0.25, 0.3) is 0 Å². The van der Waals surface area contributed by atoms with Gasteiger partial charge in [-0.1, -0.05) is 209 Å². The third kappa shape index (κ3) is 36.6. The number of carbonyl (C=O) groups excluding carboxylic acids is 2. The van der Waals surface area contributed by atoms with Crippen molar-refractivity contribution in [1.29, 1.82) is 0 Å². The minimum absolute atomic E-state index is 0.105. The van der Waals surface area contributed by atoms with Crippen molar-refractivity contribution in [3.05, 3.63) is 72.9 Å². The Kier molecular flexibility index (Phi) is 44.8. The molecule has 0 saturated carbocycles. The van der Waals surface area contributed by atoms with Gasteiger partial charge >= 0.3 is 5.97 Å². The van der Waals surface area contributed by atoms with Crippen LogP contribution in [0, 0.1) is 0 Å². The predicted molar refractivity (Wildman–Crippen MR) is 292 cm³/mol. The van der Waals surface area contributed by atoms with Crippen molar-refractivity contribution in [2.24, 2.45) is 0 Å². The Balaban J connectivity index is 2.75. The standard InChI is InChI=1S/C60H105NO10/c1-4-7-10-13-16-19-22-24-26-28-29-32-35-38-41-44-47-53(64)59(68)61-51(52(63)46-43-40-37-34-31-21-18-15-12-9-6-3)50-69-60-58(57(67)56(66)54(49-62)70-60)71-55(65)48-45-42-39-36-33-30-27-25-23-20-17-14-11-8-5-2/h16-17,19-20,23-26,29,32,43,46,51-54,56-58,60,62-64,66-67H,4-15,18,21-22,27-28,30-31,33-42,44-45,47-50H2,1-3H3,(H,61,68)/b19-16-,20-17+,25-23+,26-24-,32-29-,46-43+. The van der Waals surface area contributed by atoms with Gasteiger partial charge in [0.15, 0.2) is 12.4 Å². The van der Waals surface area contributed by atoms with Crippen molar-refractivity contribution in [2.45, 2.75) is 282 Å². The lowest BCUT2D eigenvalue weighted by Crippen LogP contribution is -2.61. The summed E-state index contributed by atoms with van der Waals surface area (Å²) in [5, 5.41) is 56.7. The molecule has 1 aliphatic heterocycles. The van der Waals surface area contributed by atoms with Gasteiger partial charge in [-0.25, -0.2) is 0 Å². The van der Waals surface area contributed by atoms with E-state index in [4.69, 9.17) is 14.2 Å². The first-order chi connectivity index (χ1) is 34.7. The number of esters is 1. The first-order valence-electron chi connectivity index (χ1n) is 28.7. The van der Waals surface area contributed by atoms with E-state index >= 15 is 0 Å². The van der Waals surface area contributed by atoms with E-state index in [-0.39, 0.29) is 19.4 Å². The van der Waals surface area contributed by atoms with E-state index in [1.54, 1.807) is 6.08 Å². The minimum Gasteiger partial charge on any atom is -0.454 e. The second-order valence-electron chi connectivity index (χ2n) is 19.7. The van der Waals surface area contributed by atoms with Crippen molar-refractivity contribution in [2.75, 3.05) is 13.2 Å². The lowest BCUT2D eigenvalue weighted by atomic mass is 9.99. The predicted octanol–water partition coefficient (Wildman–Crippen LogP) is 12.8. The van der Waals surface area contributed by atoms with Crippen LogP contribution in [0.4, 0.5) is 0 Å². The number of carbonyl (C=O) groups is 2. The van der Waals surface area contributed by atoms with Crippen LogP contribution in [0.1, 0.15) is 233 Å². The average molecular weight is 1000 g/mol. The molecule has 1 aliphatic rings. The Labute approximate surface area is 432 Å². The van der Waals surface area contributed by atoms with Crippen molar-refractivity contribution < 1.29 is 49.3 Å². The number of amides is 1. The molecular formula is C60H105NO10. The molecule has 1 amide bonds. The SMILES string of the molecule is CCCCC/C=C\C/C=C\C/C=C\CCCCCC(O)C(=O)NC(COC1OC(CO)C(O)C(O)C1OC(=O)CCCCCCCC/C=C/C=C/CCCCC)C(O)/C=C/CCCCCCCCCCC. The van der Waals surface area contributed by atoms with Crippen LogP contribution >= 0.6 is 0 Å². The highest BCUT2D eigenvalue weighted by atomic mass is 16.7. The highest BCUT2D eigenvalue weighted by Gasteiger charge is 2.47. The fourth-order valence-corrected chi connectivity index (χ4v) is 8.47. The van der Waals surface area contributed by atoms with Gasteiger partial charge in [0.1, 0.15) is 24.4 Å². The molecular weight excluding hydrogens is 895 g/mol. The number of aliphatic hydroxyl groups is 5. The van der Waals surface area contributed by atoms with E-state index in [0.717, 1.165) is 109 Å². The Hall–Kier alpha value is -2.90. The topological polar surface area (TPSA) is 175 Å². The maximum absolute atomic E-state index is 13.4. The molecule has 0 spiro atoms. The second-order valence-corrected chi connectivity index (χ2v) is 19.7. The molecule has 6 N–H and O–H groups in total. The molecule has 1 saturated heterocycles. The summed E-state index contributed by atoms with van der Waals surface area (Å²) in [5.74, 6) is -1.23. The minimum atomic E-state index is -1.62. The summed E-state index contributed by atoms with van der Waals surface area (Å²) >= 11 is 0. The summed E-state index contributed by atoms with van der Waals surface area (Å²) in [6.45, 7) is 5.68. The quantitative estimate of drug-likeness (QED) is 0.0149. The van der Waals surface area contributed by atoms with Crippen LogP contribution in [0.2, 0.25) is 0 Å². The van der Waals surface area contributed by atoms with E-state index in [2.05, 4.69) is 86.8 Å². The summed E-state index contributed by atoms with van der Waals surface area (Å²) in [6, 6.07) is -1.04. The zero-order chi connectivity index (χ0) is 51.8. The van der Waals surface area contributed by atoms with E-state index in [0.29, 0.717) is 12.8 Å². The van der Waals surface area contributed by atoms with Crippen LogP contribution in [-0.4, -0.2) is 99.6 Å². The molecule has 0 bridgehead atoms. The van der Waals surface area contributed by atoms with Crippen molar-refractivity contribution >= 4 is 11.9 Å². The molecule has 1 heterocycles. The molecule has 410 valence electrons. The van der Waals surface area contributed by atoms with Gasteiger partial charge in [0, 0.05) is 6.42 Å². The molecule has 1 fully saturated rings. The Morgan fingerprint density at radius 1 is 0.563 bits per heavy atom. The monoisotopic (exact) mass is 1000 g/mol. The van der Waals surface area contributed by atoms with Gasteiger partial charge in [0.2, 0.25) is 5.91 Å². The lowest BCUT2D eigenvalue weighted by molar-refractivity contribution is -0.305. The first-order valence-corrected chi connectivity index (χ1v) is 28.7. The molecule has 11 nitrogen and oxygen atoms in total. The van der Waals surface area contributed by atoms with Gasteiger partial charge in [-0.15, -0.1) is 0 Å². The number of aliphatic hydroxyl groups excluding tert-OH is 5. The lowest BCUT2D eigenvalue weighted by Gasteiger charge is -2.41. The van der Waals surface area contributed by atoms with Crippen molar-refractivity contribution in [3.63, 3.8) is 0 Å². The smallest absolute Gasteiger partial charge is 0.306 e. The Bertz CT molecular complexity index is 1430. The number of hydrogen-bond donors (Lipinski definition) is 6. The molecule has 0 aromatic heterocycles. The van der Waals surface area contributed by atoms with Crippen LogP contribution < -0.4 is 5.32 Å². The molecule has 0 aliphatic carbocycles. The Morgan fingerprint density at radius 3 is 1.56 bits per heavy atom. The molecule has 1 rings (SSSR count). The van der Waals surface area contributed by atoms with Gasteiger partial charge in [0.05, 0.1) is 25.4 Å². The zero-order valence-electron chi connectivity index (χ0n) is 45.1. The van der Waals surface area contributed by atoms with E-state index in [1.165, 1.54) is 77.0 Å². The van der Waals surface area contributed by atoms with Gasteiger partial charge in [-0.05, 0) is 89.9 Å². The highest BCUT2D eigenvalue weighted by Crippen LogP contribution is 2.26. The van der Waals surface area contributed by atoms with Crippen molar-refractivity contribution in [3.8, 4) is 0 Å². The Morgan fingerprint density at radius 2 is 1.01 bits per heavy atom. The van der Waals surface area contributed by atoms with Crippen LogP contribution in [0.5, 0.6) is 0 Å². The highest BCUT2D eigenvalue weighted by molar-refractivity contribution is 5.80. The zero-order valence-corrected chi connectivity index (χ0v) is 45.1. The maximum atomic E-state index is 13.4. The molecule has 11 heteroatoms. The summed E-state index contributed by atoms with van der Waals surface area (Å²) in [5.41, 5.74) is 0. The average Bonchev–Trinajstić information content (AvgIpc) is 3.37. The number of allylic oxidation sites excluding steroid dienone is 11. The molecule has 71 heavy (non-hydrogen) atoms. The number of unbranched alkanes of at least 4 members (excludes halogenated alkanes) is 24. The molecule has 0 aromatic carbocycles. The van der Waals surface area contributed by atoms with E-state index in [9.17, 15) is 35.1 Å². The number of rotatable bonds is 47. The second kappa shape index (κ2) is 48.1. The summed E-state index contributed by atoms with van der Waals surface area (Å²) in [4.78, 5) is 26.4. The van der Waals surface area contributed by atoms with E-state index in [1.807, 2.05) is 6.08 Å². The summed E-state index contributed by atoms with van der Waals surface area (Å²) < 4.78 is 17.5. The van der Waals surface area contributed by atoms with Crippen LogP contribution in [0.25, 0.3) is 0 Å². The molecule has 0 aromatic rings. The van der Waals surface area contributed by atoms with Crippen LogP contribution in [0.3, 0.4) is 0 Å². The van der Waals surface area contributed by atoms with Crippen molar-refractivity contribution in [1.82, 2.24) is 5.32 Å². The summed E-state index contributed by atoms with van der Waals surface area (Å²) in [6.07, 6.45) is 49.4. The normalized spacial score (nSPS) is 20.1. The van der Waals surface area contributed by atoms with E-state index < -0.39 is 67.4 Å². The third-order valence-corrected chi connectivity index (χ3v) is 13.1. The molecule has 8 unspecified atom stereocenters. The number of hydrogen-bond acceptors (Lipinski definition) is 10. The fraction of sp³-hybridized carbons (Fsp3) is 0.767. The molecule has 8 atom stereocenters. The van der Waals surface area contributed by atoms with Crippen LogP contribution in [-0.2, 0) is 23.8 Å². The van der Waals surface area contributed by atoms with Gasteiger partial charge in [-0.3, -0.25) is 9.59 Å². The fourth-order valence-electron chi connectivity index (χ4n) is 8.47. The van der Waals surface area contributed by atoms with Gasteiger partial charge < -0.3 is 45.1 Å². The van der Waals surface area contributed by atoms with Crippen LogP contribution in [0.15, 0.2) is 72.9 Å². The molecule has 0 radical (unpaired) electrons.